The average Bonchev–Trinajstić information content (AvgIpc) is 2.82. The summed E-state index contributed by atoms with van der Waals surface area (Å²) < 4.78 is 0. The number of pyridine rings is 1. The van der Waals surface area contributed by atoms with Gasteiger partial charge in [-0.15, -0.1) is 0 Å². The summed E-state index contributed by atoms with van der Waals surface area (Å²) in [5, 5.41) is 2.51. The highest BCUT2D eigenvalue weighted by Crippen LogP contribution is 2.29. The summed E-state index contributed by atoms with van der Waals surface area (Å²) in [6, 6.07) is 8.79. The first-order valence-electron chi connectivity index (χ1n) is 6.97. The molecule has 0 unspecified atom stereocenters. The second-order valence-corrected chi connectivity index (χ2v) is 5.90. The van der Waals surface area contributed by atoms with Crippen LogP contribution in [0.15, 0.2) is 30.5 Å². The number of H-pyrrole nitrogens is 1. The zero-order chi connectivity index (χ0) is 13.6. The number of nitrogens with zero attached hydrogens (tertiary/aromatic N) is 1. The molecule has 3 aromatic rings. The fraction of sp³-hybridized carbons (Fsp3) is 0.353. The minimum absolute atomic E-state index is 0.506. The topological polar surface area (TPSA) is 28.7 Å². The van der Waals surface area contributed by atoms with Gasteiger partial charge in [0, 0.05) is 22.7 Å². The molecule has 0 fully saturated rings. The molecule has 2 heteroatoms. The number of rotatable bonds is 2. The average molecular weight is 252 g/mol. The number of hydrogen-bond acceptors (Lipinski definition) is 1. The lowest BCUT2D eigenvalue weighted by molar-refractivity contribution is 0.837. The van der Waals surface area contributed by atoms with E-state index in [-0.39, 0.29) is 0 Å². The summed E-state index contributed by atoms with van der Waals surface area (Å²) >= 11 is 0. The lowest BCUT2D eigenvalue weighted by Crippen LogP contribution is -1.90. The highest BCUT2D eigenvalue weighted by molar-refractivity contribution is 6.04. The Kier molecular flexibility index (Phi) is 2.81. The summed E-state index contributed by atoms with van der Waals surface area (Å²) in [7, 11) is 0. The highest BCUT2D eigenvalue weighted by atomic mass is 14.7. The molecule has 0 spiro atoms. The molecule has 1 N–H and O–H groups in total. The Morgan fingerprint density at radius 2 is 1.79 bits per heavy atom. The molecule has 1 aromatic carbocycles. The summed E-state index contributed by atoms with van der Waals surface area (Å²) in [6.07, 6.45) is 1.99. The molecule has 98 valence electrons. The van der Waals surface area contributed by atoms with Gasteiger partial charge in [0.05, 0.1) is 11.0 Å². The molecule has 2 nitrogen and oxygen atoms in total. The van der Waals surface area contributed by atoms with Gasteiger partial charge in [-0.2, -0.15) is 0 Å². The predicted molar refractivity (Wildman–Crippen MR) is 81.8 cm³/mol. The van der Waals surface area contributed by atoms with Crippen molar-refractivity contribution in [2.45, 2.75) is 39.5 Å². The largest absolute Gasteiger partial charge is 0.358 e. The van der Waals surface area contributed by atoms with Crippen molar-refractivity contribution in [2.24, 2.45) is 0 Å². The Bertz CT molecular complexity index is 735. The normalized spacial score (nSPS) is 12.1. The van der Waals surface area contributed by atoms with Crippen LogP contribution in [0.3, 0.4) is 0 Å². The van der Waals surface area contributed by atoms with Crippen molar-refractivity contribution in [1.29, 1.82) is 0 Å². The first-order valence-corrected chi connectivity index (χ1v) is 6.97. The van der Waals surface area contributed by atoms with Crippen LogP contribution in [0.2, 0.25) is 0 Å². The van der Waals surface area contributed by atoms with Crippen molar-refractivity contribution in [3.05, 3.63) is 41.7 Å². The standard InChI is InChI=1S/C17H20N2/c1-10(2)13-7-14-15(18-9-13)6-5-12-8-16(11(3)4)19-17(12)14/h5-11,19H,1-4H3. The van der Waals surface area contributed by atoms with E-state index in [0.29, 0.717) is 11.8 Å². The van der Waals surface area contributed by atoms with Crippen LogP contribution in [-0.4, -0.2) is 9.97 Å². The third-order valence-electron chi connectivity index (χ3n) is 3.79. The maximum Gasteiger partial charge on any atom is 0.0723 e. The van der Waals surface area contributed by atoms with Gasteiger partial charge in [0.25, 0.3) is 0 Å². The lowest BCUT2D eigenvalue weighted by atomic mass is 10.0. The Hall–Kier alpha value is -1.83. The van der Waals surface area contributed by atoms with Crippen LogP contribution in [0.1, 0.15) is 50.8 Å². The third-order valence-corrected chi connectivity index (χ3v) is 3.79. The summed E-state index contributed by atoms with van der Waals surface area (Å²) in [6.45, 7) is 8.84. The van der Waals surface area contributed by atoms with Crippen molar-refractivity contribution >= 4 is 21.8 Å². The zero-order valence-corrected chi connectivity index (χ0v) is 12.0. The number of fused-ring (bicyclic) bond motifs is 3. The Morgan fingerprint density at radius 3 is 2.47 bits per heavy atom. The Labute approximate surface area is 113 Å². The molecule has 2 heterocycles. The molecule has 0 radical (unpaired) electrons. The quantitative estimate of drug-likeness (QED) is 0.686. The fourth-order valence-corrected chi connectivity index (χ4v) is 2.47. The van der Waals surface area contributed by atoms with Gasteiger partial charge in [0.1, 0.15) is 0 Å². The van der Waals surface area contributed by atoms with E-state index in [1.165, 1.54) is 27.5 Å². The van der Waals surface area contributed by atoms with Crippen molar-refractivity contribution in [1.82, 2.24) is 9.97 Å². The van der Waals surface area contributed by atoms with Crippen molar-refractivity contribution in [3.8, 4) is 0 Å². The second kappa shape index (κ2) is 4.37. The molecule has 2 aromatic heterocycles. The van der Waals surface area contributed by atoms with Gasteiger partial charge in [-0.1, -0.05) is 33.8 Å². The molecular formula is C17H20N2. The summed E-state index contributed by atoms with van der Waals surface area (Å²) in [4.78, 5) is 8.15. The number of hydrogen-bond donors (Lipinski definition) is 1. The molecule has 0 aliphatic carbocycles. The highest BCUT2D eigenvalue weighted by Gasteiger charge is 2.09. The number of benzene rings is 1. The van der Waals surface area contributed by atoms with Gasteiger partial charge in [-0.25, -0.2) is 0 Å². The van der Waals surface area contributed by atoms with Crippen molar-refractivity contribution < 1.29 is 0 Å². The molecular weight excluding hydrogens is 232 g/mol. The van der Waals surface area contributed by atoms with E-state index in [0.717, 1.165) is 5.52 Å². The number of aromatic amines is 1. The third kappa shape index (κ3) is 2.01. The van der Waals surface area contributed by atoms with Crippen LogP contribution in [0.4, 0.5) is 0 Å². The van der Waals surface area contributed by atoms with E-state index in [1.54, 1.807) is 0 Å². The minimum Gasteiger partial charge on any atom is -0.358 e. The Morgan fingerprint density at radius 1 is 1.00 bits per heavy atom. The van der Waals surface area contributed by atoms with Crippen molar-refractivity contribution in [2.75, 3.05) is 0 Å². The molecule has 0 aliphatic heterocycles. The van der Waals surface area contributed by atoms with E-state index in [1.807, 2.05) is 6.20 Å². The lowest BCUT2D eigenvalue weighted by Gasteiger charge is -2.07. The molecule has 0 atom stereocenters. The van der Waals surface area contributed by atoms with Crippen LogP contribution in [0.5, 0.6) is 0 Å². The molecule has 19 heavy (non-hydrogen) atoms. The first-order chi connectivity index (χ1) is 9.06. The fourth-order valence-electron chi connectivity index (χ4n) is 2.47. The minimum atomic E-state index is 0.506. The van der Waals surface area contributed by atoms with Crippen LogP contribution in [0, 0.1) is 0 Å². The van der Waals surface area contributed by atoms with Crippen LogP contribution < -0.4 is 0 Å². The van der Waals surface area contributed by atoms with Crippen LogP contribution in [0.25, 0.3) is 21.8 Å². The van der Waals surface area contributed by atoms with Crippen molar-refractivity contribution in [3.63, 3.8) is 0 Å². The molecule has 0 bridgehead atoms. The molecule has 0 saturated heterocycles. The van der Waals surface area contributed by atoms with E-state index in [9.17, 15) is 0 Å². The number of nitrogens with one attached hydrogen (secondary N) is 1. The number of aromatic nitrogens is 2. The molecule has 0 aliphatic rings. The van der Waals surface area contributed by atoms with Gasteiger partial charge in [0.15, 0.2) is 0 Å². The van der Waals surface area contributed by atoms with E-state index in [4.69, 9.17) is 0 Å². The smallest absolute Gasteiger partial charge is 0.0723 e. The zero-order valence-electron chi connectivity index (χ0n) is 12.0. The maximum absolute atomic E-state index is 4.59. The van der Waals surface area contributed by atoms with Gasteiger partial charge >= 0.3 is 0 Å². The summed E-state index contributed by atoms with van der Waals surface area (Å²) in [5.74, 6) is 1.02. The van der Waals surface area contributed by atoms with Gasteiger partial charge in [-0.05, 0) is 35.6 Å². The second-order valence-electron chi connectivity index (χ2n) is 5.90. The van der Waals surface area contributed by atoms with Gasteiger partial charge in [-0.3, -0.25) is 4.98 Å². The SMILES string of the molecule is CC(C)c1cnc2ccc3cc(C(C)C)[nH]c3c2c1. The molecule has 0 amide bonds. The van der Waals surface area contributed by atoms with E-state index in [2.05, 4.69) is 61.9 Å². The summed E-state index contributed by atoms with van der Waals surface area (Å²) in [5.41, 5.74) is 4.86. The van der Waals surface area contributed by atoms with E-state index < -0.39 is 0 Å². The predicted octanol–water partition coefficient (Wildman–Crippen LogP) is 4.96. The van der Waals surface area contributed by atoms with Crippen LogP contribution in [-0.2, 0) is 0 Å². The maximum atomic E-state index is 4.59. The van der Waals surface area contributed by atoms with Crippen LogP contribution >= 0.6 is 0 Å². The monoisotopic (exact) mass is 252 g/mol. The first kappa shape index (κ1) is 12.2. The molecule has 3 rings (SSSR count). The van der Waals surface area contributed by atoms with Gasteiger partial charge in [0.2, 0.25) is 0 Å². The van der Waals surface area contributed by atoms with Gasteiger partial charge < -0.3 is 4.98 Å². The van der Waals surface area contributed by atoms with E-state index >= 15 is 0 Å². The Balaban J connectivity index is 2.33. The molecule has 0 saturated carbocycles.